The van der Waals surface area contributed by atoms with Crippen LogP contribution in [0.15, 0.2) is 0 Å². The molecule has 30 valence electrons. The van der Waals surface area contributed by atoms with Crippen LogP contribution in [0.4, 0.5) is 0 Å². The van der Waals surface area contributed by atoms with Gasteiger partial charge in [0, 0.05) is 1.37 Å². The summed E-state index contributed by atoms with van der Waals surface area (Å²) in [4.78, 5) is 0. The van der Waals surface area contributed by atoms with Gasteiger partial charge in [-0.3, -0.25) is 0 Å². The van der Waals surface area contributed by atoms with E-state index < -0.39 is 0 Å². The van der Waals surface area contributed by atoms with Crippen molar-refractivity contribution < 1.29 is 1.37 Å². The van der Waals surface area contributed by atoms with Crippen molar-refractivity contribution in [3.63, 3.8) is 0 Å². The summed E-state index contributed by atoms with van der Waals surface area (Å²) in [6.07, 6.45) is 1.37. The zero-order chi connectivity index (χ0) is 4.41. The Labute approximate surface area is 38.4 Å². The first-order valence-electron chi connectivity index (χ1n) is 2.47. The zero-order valence-electron chi connectivity index (χ0n) is 4.11. The predicted octanol–water partition coefficient (Wildman–Crippen LogP) is 1.51. The van der Waals surface area contributed by atoms with E-state index in [0.717, 1.165) is 12.2 Å². The van der Waals surface area contributed by atoms with E-state index in [4.69, 9.17) is 1.37 Å². The molecule has 1 unspecified atom stereocenters. The van der Waals surface area contributed by atoms with Gasteiger partial charge in [0.1, 0.15) is 0 Å². The molecular weight excluding hydrogens is 80.1 g/mol. The SMILES string of the molecule is [2H]C1CCSC1. The van der Waals surface area contributed by atoms with Gasteiger partial charge in [-0.1, -0.05) is 0 Å². The van der Waals surface area contributed by atoms with Gasteiger partial charge in [0.15, 0.2) is 0 Å². The van der Waals surface area contributed by atoms with Crippen molar-refractivity contribution in [3.8, 4) is 0 Å². The fraction of sp³-hybridized carbons (Fsp3) is 1.00. The Bertz CT molecular complexity index is 40.8. The summed E-state index contributed by atoms with van der Waals surface area (Å²) in [6.45, 7) is 0. The number of rotatable bonds is 0. The third-order valence-electron chi connectivity index (χ3n) is 0.702. The summed E-state index contributed by atoms with van der Waals surface area (Å²) in [5.41, 5.74) is 0. The minimum Gasteiger partial charge on any atom is -0.162 e. The fourth-order valence-corrected chi connectivity index (χ4v) is 1.25. The van der Waals surface area contributed by atoms with Crippen LogP contribution in [-0.2, 0) is 0 Å². The molecule has 1 saturated heterocycles. The standard InChI is InChI=1S/C4H8S/c1-2-4-5-3-1/h1-4H2/i1D. The Morgan fingerprint density at radius 1 is 1.60 bits per heavy atom. The predicted molar refractivity (Wildman–Crippen MR) is 26.6 cm³/mol. The Balaban J connectivity index is 2.18. The van der Waals surface area contributed by atoms with Crippen LogP contribution in [0.3, 0.4) is 0 Å². The van der Waals surface area contributed by atoms with Crippen molar-refractivity contribution in [3.05, 3.63) is 0 Å². The molecule has 0 aromatic rings. The average molecular weight is 89.2 g/mol. The lowest BCUT2D eigenvalue weighted by Gasteiger charge is -1.69. The Morgan fingerprint density at radius 3 is 2.80 bits per heavy atom. The highest BCUT2D eigenvalue weighted by molar-refractivity contribution is 7.99. The summed E-state index contributed by atoms with van der Waals surface area (Å²) in [6, 6.07) is 0. The Kier molecular flexibility index (Phi) is 0.856. The molecule has 1 fully saturated rings. The summed E-state index contributed by atoms with van der Waals surface area (Å²) in [5.74, 6) is 2.29. The summed E-state index contributed by atoms with van der Waals surface area (Å²) < 4.78 is 7.11. The molecule has 0 nitrogen and oxygen atoms in total. The molecule has 0 bridgehead atoms. The second-order valence-electron chi connectivity index (χ2n) is 1.15. The van der Waals surface area contributed by atoms with Gasteiger partial charge < -0.3 is 0 Å². The molecule has 5 heavy (non-hydrogen) atoms. The van der Waals surface area contributed by atoms with Crippen LogP contribution in [0.5, 0.6) is 0 Å². The van der Waals surface area contributed by atoms with E-state index in [1.165, 1.54) is 5.75 Å². The molecule has 0 aromatic heterocycles. The van der Waals surface area contributed by atoms with E-state index in [1.54, 1.807) is 0 Å². The normalized spacial score (nSPS) is 41.6. The van der Waals surface area contributed by atoms with E-state index in [-0.39, 0.29) is 6.40 Å². The largest absolute Gasteiger partial charge is 0.162 e. The van der Waals surface area contributed by atoms with Crippen molar-refractivity contribution >= 4 is 11.8 Å². The van der Waals surface area contributed by atoms with Crippen LogP contribution >= 0.6 is 11.8 Å². The number of hydrogen-bond donors (Lipinski definition) is 0. The molecule has 0 amide bonds. The smallest absolute Gasteiger partial charge is 0.0275 e. The first-order valence-corrected chi connectivity index (χ1v) is 3.05. The van der Waals surface area contributed by atoms with E-state index in [9.17, 15) is 0 Å². The van der Waals surface area contributed by atoms with Crippen LogP contribution in [0.2, 0.25) is 0 Å². The van der Waals surface area contributed by atoms with Crippen LogP contribution < -0.4 is 0 Å². The lowest BCUT2D eigenvalue weighted by molar-refractivity contribution is 0.949. The van der Waals surface area contributed by atoms with E-state index in [0.29, 0.717) is 0 Å². The molecule has 1 rings (SSSR count). The molecule has 0 N–H and O–H groups in total. The second-order valence-corrected chi connectivity index (χ2v) is 2.30. The quantitative estimate of drug-likeness (QED) is 0.433. The topological polar surface area (TPSA) is 0 Å². The monoisotopic (exact) mass is 89.0 g/mol. The zero-order valence-corrected chi connectivity index (χ0v) is 3.92. The molecule has 0 saturated carbocycles. The van der Waals surface area contributed by atoms with Gasteiger partial charge in [-0.05, 0) is 24.3 Å². The third kappa shape index (κ3) is 0.839. The van der Waals surface area contributed by atoms with E-state index in [1.807, 2.05) is 11.8 Å². The van der Waals surface area contributed by atoms with E-state index in [2.05, 4.69) is 0 Å². The maximum Gasteiger partial charge on any atom is 0.0275 e. The summed E-state index contributed by atoms with van der Waals surface area (Å²) >= 11 is 1.89. The van der Waals surface area contributed by atoms with Crippen LogP contribution in [0, 0.1) is 0 Å². The van der Waals surface area contributed by atoms with Crippen molar-refractivity contribution in [2.75, 3.05) is 11.5 Å². The third-order valence-corrected chi connectivity index (χ3v) is 1.70. The van der Waals surface area contributed by atoms with Gasteiger partial charge in [0.05, 0.1) is 0 Å². The number of hydrogen-bond acceptors (Lipinski definition) is 1. The van der Waals surface area contributed by atoms with Crippen molar-refractivity contribution in [2.45, 2.75) is 12.8 Å². The molecule has 1 heterocycles. The fourth-order valence-electron chi connectivity index (χ4n) is 0.417. The highest BCUT2D eigenvalue weighted by Gasteiger charge is 1.95. The van der Waals surface area contributed by atoms with Gasteiger partial charge in [0.25, 0.3) is 0 Å². The van der Waals surface area contributed by atoms with Gasteiger partial charge in [-0.15, -0.1) is 0 Å². The molecular formula is C4H8S. The molecule has 1 aliphatic rings. The summed E-state index contributed by atoms with van der Waals surface area (Å²) in [7, 11) is 0. The van der Waals surface area contributed by atoms with Gasteiger partial charge in [-0.2, -0.15) is 11.8 Å². The lowest BCUT2D eigenvalue weighted by Crippen LogP contribution is -1.58. The van der Waals surface area contributed by atoms with E-state index >= 15 is 0 Å². The minimum absolute atomic E-state index is 0.259. The molecule has 1 aliphatic heterocycles. The Morgan fingerprint density at radius 2 is 2.60 bits per heavy atom. The van der Waals surface area contributed by atoms with Crippen LogP contribution in [-0.4, -0.2) is 11.5 Å². The molecule has 0 aromatic carbocycles. The Hall–Kier alpha value is 0.350. The van der Waals surface area contributed by atoms with Gasteiger partial charge >= 0.3 is 0 Å². The van der Waals surface area contributed by atoms with Crippen molar-refractivity contribution in [1.29, 1.82) is 0 Å². The maximum atomic E-state index is 7.11. The van der Waals surface area contributed by atoms with Crippen LogP contribution in [0.25, 0.3) is 0 Å². The van der Waals surface area contributed by atoms with Crippen molar-refractivity contribution in [1.82, 2.24) is 0 Å². The molecule has 1 heteroatoms. The number of thioether (sulfide) groups is 1. The molecule has 0 spiro atoms. The maximum absolute atomic E-state index is 7.11. The molecule has 0 radical (unpaired) electrons. The van der Waals surface area contributed by atoms with Crippen LogP contribution in [0.1, 0.15) is 14.2 Å². The summed E-state index contributed by atoms with van der Waals surface area (Å²) in [5, 5.41) is 0. The molecule has 0 aliphatic carbocycles. The average Bonchev–Trinajstić information content (AvgIpc) is 1.86. The van der Waals surface area contributed by atoms with Gasteiger partial charge in [0.2, 0.25) is 0 Å². The first kappa shape index (κ1) is 2.51. The highest BCUT2D eigenvalue weighted by atomic mass is 32.2. The minimum atomic E-state index is 0.259. The highest BCUT2D eigenvalue weighted by Crippen LogP contribution is 2.14. The first-order chi connectivity index (χ1) is 2.89. The molecule has 1 atom stereocenters. The second kappa shape index (κ2) is 1.71. The van der Waals surface area contributed by atoms with Crippen molar-refractivity contribution in [2.24, 2.45) is 0 Å². The van der Waals surface area contributed by atoms with Gasteiger partial charge in [-0.25, -0.2) is 0 Å². The lowest BCUT2D eigenvalue weighted by atomic mass is 10.4.